The summed E-state index contributed by atoms with van der Waals surface area (Å²) >= 11 is 6.46. The fourth-order valence-electron chi connectivity index (χ4n) is 4.16. The summed E-state index contributed by atoms with van der Waals surface area (Å²) in [4.78, 5) is 27.0. The molecule has 32 heavy (non-hydrogen) atoms. The van der Waals surface area contributed by atoms with E-state index in [1.165, 1.54) is 5.56 Å². The van der Waals surface area contributed by atoms with Crippen molar-refractivity contribution in [1.29, 1.82) is 0 Å². The van der Waals surface area contributed by atoms with E-state index in [1.54, 1.807) is 12.3 Å². The minimum atomic E-state index is 0.0104. The predicted molar refractivity (Wildman–Crippen MR) is 128 cm³/mol. The highest BCUT2D eigenvalue weighted by Crippen LogP contribution is 2.29. The van der Waals surface area contributed by atoms with Crippen LogP contribution in [0.25, 0.3) is 22.3 Å². The first-order chi connectivity index (χ1) is 15.7. The van der Waals surface area contributed by atoms with Crippen LogP contribution in [0.1, 0.15) is 15.9 Å². The van der Waals surface area contributed by atoms with Crippen LogP contribution in [-0.2, 0) is 6.54 Å². The van der Waals surface area contributed by atoms with Gasteiger partial charge in [-0.3, -0.25) is 14.7 Å². The highest BCUT2D eigenvalue weighted by Gasteiger charge is 2.25. The van der Waals surface area contributed by atoms with E-state index in [9.17, 15) is 4.79 Å². The molecule has 160 valence electrons. The lowest BCUT2D eigenvalue weighted by atomic mass is 10.0. The summed E-state index contributed by atoms with van der Waals surface area (Å²) in [6, 6.07) is 23.5. The van der Waals surface area contributed by atoms with Crippen molar-refractivity contribution in [1.82, 2.24) is 19.8 Å². The Kier molecular flexibility index (Phi) is 5.84. The molecule has 6 heteroatoms. The first kappa shape index (κ1) is 20.6. The van der Waals surface area contributed by atoms with E-state index in [1.807, 2.05) is 47.4 Å². The Morgan fingerprint density at radius 1 is 0.875 bits per heavy atom. The number of pyridine rings is 2. The van der Waals surface area contributed by atoms with Gasteiger partial charge >= 0.3 is 0 Å². The van der Waals surface area contributed by atoms with Crippen LogP contribution in [0.15, 0.2) is 79.0 Å². The Hall–Kier alpha value is -3.28. The maximum absolute atomic E-state index is 13.6. The van der Waals surface area contributed by atoms with Gasteiger partial charge in [0, 0.05) is 44.3 Å². The SMILES string of the molecule is O=C(c1cc(-c2ccccn2)nc2c(Cl)cccc12)N1CCN(Cc2ccccc2)CC1. The average molecular weight is 443 g/mol. The molecule has 1 aliphatic rings. The van der Waals surface area contributed by atoms with Crippen molar-refractivity contribution >= 4 is 28.4 Å². The number of carbonyl (C=O) groups excluding carboxylic acids is 1. The van der Waals surface area contributed by atoms with Crippen LogP contribution in [0.4, 0.5) is 0 Å². The monoisotopic (exact) mass is 442 g/mol. The van der Waals surface area contributed by atoms with Crippen LogP contribution < -0.4 is 0 Å². The molecule has 0 N–H and O–H groups in total. The standard InChI is InChI=1S/C26H23ClN4O/c27-22-10-6-9-20-21(17-24(29-25(20)22)23-11-4-5-12-28-23)26(32)31-15-13-30(14-16-31)18-19-7-2-1-3-8-19/h1-12,17H,13-16,18H2. The second kappa shape index (κ2) is 9.07. The third-order valence-electron chi connectivity index (χ3n) is 5.86. The van der Waals surface area contributed by atoms with Gasteiger partial charge in [-0.15, -0.1) is 0 Å². The summed E-state index contributed by atoms with van der Waals surface area (Å²) in [6.07, 6.45) is 1.72. The van der Waals surface area contributed by atoms with Gasteiger partial charge in [0.2, 0.25) is 0 Å². The number of nitrogens with zero attached hydrogens (tertiary/aromatic N) is 4. The van der Waals surface area contributed by atoms with Gasteiger partial charge in [0.15, 0.2) is 0 Å². The number of amides is 1. The molecule has 1 fully saturated rings. The number of aromatic nitrogens is 2. The van der Waals surface area contributed by atoms with Gasteiger partial charge in [0.05, 0.1) is 27.5 Å². The van der Waals surface area contributed by atoms with Crippen LogP contribution >= 0.6 is 11.6 Å². The third kappa shape index (κ3) is 4.22. The third-order valence-corrected chi connectivity index (χ3v) is 6.16. The zero-order chi connectivity index (χ0) is 21.9. The lowest BCUT2D eigenvalue weighted by molar-refractivity contribution is 0.0630. The molecule has 0 unspecified atom stereocenters. The fraction of sp³-hybridized carbons (Fsp3) is 0.192. The zero-order valence-corrected chi connectivity index (χ0v) is 18.4. The topological polar surface area (TPSA) is 49.3 Å². The van der Waals surface area contributed by atoms with Gasteiger partial charge in [0.25, 0.3) is 5.91 Å². The quantitative estimate of drug-likeness (QED) is 0.450. The number of fused-ring (bicyclic) bond motifs is 1. The van der Waals surface area contributed by atoms with Crippen molar-refractivity contribution in [2.75, 3.05) is 26.2 Å². The smallest absolute Gasteiger partial charge is 0.254 e. The molecule has 1 amide bonds. The molecule has 0 spiro atoms. The molecule has 0 radical (unpaired) electrons. The van der Waals surface area contributed by atoms with E-state index in [4.69, 9.17) is 16.6 Å². The molecule has 5 nitrogen and oxygen atoms in total. The number of hydrogen-bond donors (Lipinski definition) is 0. The number of piperazine rings is 1. The van der Waals surface area contributed by atoms with Gasteiger partial charge < -0.3 is 4.90 Å². The molecule has 2 aromatic carbocycles. The molecule has 2 aromatic heterocycles. The lowest BCUT2D eigenvalue weighted by Crippen LogP contribution is -2.48. The van der Waals surface area contributed by atoms with Gasteiger partial charge in [-0.25, -0.2) is 4.98 Å². The Bertz CT molecular complexity index is 1240. The molecule has 0 atom stereocenters. The average Bonchev–Trinajstić information content (AvgIpc) is 2.85. The number of carbonyl (C=O) groups is 1. The normalized spacial score (nSPS) is 14.6. The number of hydrogen-bond acceptors (Lipinski definition) is 4. The highest BCUT2D eigenvalue weighted by molar-refractivity contribution is 6.35. The molecule has 0 bridgehead atoms. The molecular weight excluding hydrogens is 420 g/mol. The summed E-state index contributed by atoms with van der Waals surface area (Å²) in [5.74, 6) is 0.0104. The molecule has 3 heterocycles. The van der Waals surface area contributed by atoms with Crippen molar-refractivity contribution in [3.05, 3.63) is 95.1 Å². The number of benzene rings is 2. The van der Waals surface area contributed by atoms with Crippen LogP contribution in [0, 0.1) is 0 Å². The fourth-order valence-corrected chi connectivity index (χ4v) is 4.37. The minimum absolute atomic E-state index is 0.0104. The second-order valence-corrected chi connectivity index (χ2v) is 8.37. The largest absolute Gasteiger partial charge is 0.336 e. The van der Waals surface area contributed by atoms with E-state index in [-0.39, 0.29) is 5.91 Å². The van der Waals surface area contributed by atoms with E-state index >= 15 is 0 Å². The minimum Gasteiger partial charge on any atom is -0.336 e. The van der Waals surface area contributed by atoms with Gasteiger partial charge in [-0.1, -0.05) is 60.1 Å². The highest BCUT2D eigenvalue weighted by atomic mass is 35.5. The Morgan fingerprint density at radius 2 is 1.66 bits per heavy atom. The number of para-hydroxylation sites is 1. The molecule has 0 saturated carbocycles. The first-order valence-electron chi connectivity index (χ1n) is 10.8. The van der Waals surface area contributed by atoms with E-state index in [2.05, 4.69) is 34.1 Å². The van der Waals surface area contributed by atoms with Gasteiger partial charge in [0.1, 0.15) is 0 Å². The Labute approximate surface area is 192 Å². The molecular formula is C26H23ClN4O. The summed E-state index contributed by atoms with van der Waals surface area (Å²) < 4.78 is 0. The van der Waals surface area contributed by atoms with Crippen LogP contribution in [0.3, 0.4) is 0 Å². The van der Waals surface area contributed by atoms with Crippen LogP contribution in [-0.4, -0.2) is 51.9 Å². The van der Waals surface area contributed by atoms with Gasteiger partial charge in [-0.05, 0) is 29.8 Å². The molecule has 4 aromatic rings. The van der Waals surface area contributed by atoms with Crippen molar-refractivity contribution in [2.45, 2.75) is 6.54 Å². The summed E-state index contributed by atoms with van der Waals surface area (Å²) in [5, 5.41) is 1.30. The van der Waals surface area contributed by atoms with Crippen molar-refractivity contribution in [2.24, 2.45) is 0 Å². The predicted octanol–water partition coefficient (Wildman–Crippen LogP) is 4.91. The summed E-state index contributed by atoms with van der Waals surface area (Å²) in [7, 11) is 0. The number of rotatable bonds is 4. The Morgan fingerprint density at radius 3 is 2.41 bits per heavy atom. The second-order valence-electron chi connectivity index (χ2n) is 7.96. The Balaban J connectivity index is 1.41. The van der Waals surface area contributed by atoms with Crippen LogP contribution in [0.5, 0.6) is 0 Å². The maximum Gasteiger partial charge on any atom is 0.254 e. The molecule has 1 aliphatic heterocycles. The number of halogens is 1. The van der Waals surface area contributed by atoms with Crippen molar-refractivity contribution < 1.29 is 4.79 Å². The summed E-state index contributed by atoms with van der Waals surface area (Å²) in [6.45, 7) is 3.97. The lowest BCUT2D eigenvalue weighted by Gasteiger charge is -2.35. The first-order valence-corrected chi connectivity index (χ1v) is 11.1. The van der Waals surface area contributed by atoms with Crippen molar-refractivity contribution in [3.63, 3.8) is 0 Å². The molecule has 0 aliphatic carbocycles. The van der Waals surface area contributed by atoms with E-state index < -0.39 is 0 Å². The molecule has 5 rings (SSSR count). The van der Waals surface area contributed by atoms with E-state index in [0.717, 1.165) is 30.7 Å². The van der Waals surface area contributed by atoms with E-state index in [0.29, 0.717) is 34.9 Å². The summed E-state index contributed by atoms with van der Waals surface area (Å²) in [5.41, 5.74) is 3.91. The maximum atomic E-state index is 13.6. The van der Waals surface area contributed by atoms with Gasteiger partial charge in [-0.2, -0.15) is 0 Å². The van der Waals surface area contributed by atoms with Crippen molar-refractivity contribution in [3.8, 4) is 11.4 Å². The zero-order valence-electron chi connectivity index (χ0n) is 17.6. The molecule has 1 saturated heterocycles. The van der Waals surface area contributed by atoms with Crippen LogP contribution in [0.2, 0.25) is 5.02 Å².